The number of nitrogens with zero attached hydrogens (tertiary/aromatic N) is 3. The molecule has 1 aliphatic rings. The number of hydrogen-bond donors (Lipinski definition) is 2. The molecule has 0 bridgehead atoms. The van der Waals surface area contributed by atoms with Gasteiger partial charge in [-0.25, -0.2) is 0 Å². The first-order chi connectivity index (χ1) is 9.63. The maximum Gasteiger partial charge on any atom is 0.225 e. The van der Waals surface area contributed by atoms with Crippen LogP contribution < -0.4 is 10.6 Å². The number of carbonyl (C=O) groups is 1. The maximum absolute atomic E-state index is 11.9. The van der Waals surface area contributed by atoms with Gasteiger partial charge in [-0.1, -0.05) is 0 Å². The summed E-state index contributed by atoms with van der Waals surface area (Å²) in [6.45, 7) is 3.90. The molecule has 0 spiro atoms. The van der Waals surface area contributed by atoms with Crippen molar-refractivity contribution in [2.45, 2.75) is 25.8 Å². The van der Waals surface area contributed by atoms with Crippen LogP contribution in [0.2, 0.25) is 0 Å². The second-order valence-corrected chi connectivity index (χ2v) is 5.71. The summed E-state index contributed by atoms with van der Waals surface area (Å²) >= 11 is 0. The minimum Gasteiger partial charge on any atom is -0.316 e. The highest BCUT2D eigenvalue weighted by molar-refractivity contribution is 5.89. The molecule has 8 heteroatoms. The van der Waals surface area contributed by atoms with Crippen molar-refractivity contribution in [1.82, 2.24) is 20.0 Å². The van der Waals surface area contributed by atoms with Crippen molar-refractivity contribution in [2.75, 3.05) is 39.0 Å². The lowest BCUT2D eigenvalue weighted by molar-refractivity contribution is -0.116. The average molecular weight is 352 g/mol. The van der Waals surface area contributed by atoms with Crippen molar-refractivity contribution in [3.05, 3.63) is 12.3 Å². The topological polar surface area (TPSA) is 62.2 Å². The first-order valence-corrected chi connectivity index (χ1v) is 7.32. The van der Waals surface area contributed by atoms with E-state index in [1.807, 2.05) is 31.0 Å². The van der Waals surface area contributed by atoms with Gasteiger partial charge in [-0.15, -0.1) is 24.8 Å². The van der Waals surface area contributed by atoms with E-state index in [9.17, 15) is 4.79 Å². The Labute approximate surface area is 144 Å². The van der Waals surface area contributed by atoms with E-state index < -0.39 is 0 Å². The van der Waals surface area contributed by atoms with E-state index >= 15 is 0 Å². The Kier molecular flexibility index (Phi) is 10.4. The van der Waals surface area contributed by atoms with Gasteiger partial charge in [0.1, 0.15) is 0 Å². The standard InChI is InChI=1S/C14H25N5O.2ClH/c1-18(2)9-10-19-8-6-13(17-19)16-14(20)4-3-12-5-7-15-11-12;;/h6,8,12,15H,3-5,7,9-11H2,1-2H3,(H,16,17,20);2*1H. The Bertz CT molecular complexity index is 433. The Morgan fingerprint density at radius 2 is 2.27 bits per heavy atom. The molecular weight excluding hydrogens is 325 g/mol. The second-order valence-electron chi connectivity index (χ2n) is 5.71. The molecule has 0 aromatic carbocycles. The van der Waals surface area contributed by atoms with Crippen molar-refractivity contribution < 1.29 is 4.79 Å². The van der Waals surface area contributed by atoms with E-state index in [2.05, 4.69) is 20.6 Å². The summed E-state index contributed by atoms with van der Waals surface area (Å²) in [6.07, 6.45) is 4.63. The number of halogens is 2. The van der Waals surface area contributed by atoms with Gasteiger partial charge in [-0.2, -0.15) is 5.10 Å². The number of nitrogens with one attached hydrogen (secondary N) is 2. The largest absolute Gasteiger partial charge is 0.316 e. The zero-order valence-electron chi connectivity index (χ0n) is 13.2. The first-order valence-electron chi connectivity index (χ1n) is 7.32. The molecule has 1 aromatic heterocycles. The summed E-state index contributed by atoms with van der Waals surface area (Å²) < 4.78 is 1.86. The van der Waals surface area contributed by atoms with Crippen molar-refractivity contribution in [3.63, 3.8) is 0 Å². The predicted octanol–water partition coefficient (Wildman–Crippen LogP) is 1.62. The number of rotatable bonds is 7. The minimum absolute atomic E-state index is 0. The van der Waals surface area contributed by atoms with Crippen molar-refractivity contribution in [2.24, 2.45) is 5.92 Å². The van der Waals surface area contributed by atoms with Gasteiger partial charge in [0, 0.05) is 25.2 Å². The van der Waals surface area contributed by atoms with Gasteiger partial charge >= 0.3 is 0 Å². The van der Waals surface area contributed by atoms with Crippen LogP contribution >= 0.6 is 24.8 Å². The summed E-state index contributed by atoms with van der Waals surface area (Å²) in [6, 6.07) is 1.85. The van der Waals surface area contributed by atoms with Gasteiger partial charge in [0.05, 0.1) is 6.54 Å². The quantitative estimate of drug-likeness (QED) is 0.783. The van der Waals surface area contributed by atoms with Crippen molar-refractivity contribution >= 4 is 36.5 Å². The van der Waals surface area contributed by atoms with Crippen LogP contribution in [0.3, 0.4) is 0 Å². The Hall–Kier alpha value is -0.820. The van der Waals surface area contributed by atoms with E-state index in [4.69, 9.17) is 0 Å². The molecular formula is C14H27Cl2N5O. The van der Waals surface area contributed by atoms with Crippen LogP contribution in [-0.4, -0.2) is 54.3 Å². The van der Waals surface area contributed by atoms with E-state index in [1.165, 1.54) is 6.42 Å². The molecule has 0 aliphatic carbocycles. The highest BCUT2D eigenvalue weighted by Crippen LogP contribution is 2.14. The normalized spacial score (nSPS) is 17.0. The van der Waals surface area contributed by atoms with Crippen molar-refractivity contribution in [3.8, 4) is 0 Å². The van der Waals surface area contributed by atoms with Crippen LogP contribution in [0.1, 0.15) is 19.3 Å². The lowest BCUT2D eigenvalue weighted by atomic mass is 10.0. The molecule has 1 fully saturated rings. The molecule has 2 heterocycles. The molecule has 1 aromatic rings. The summed E-state index contributed by atoms with van der Waals surface area (Å²) in [5.41, 5.74) is 0. The summed E-state index contributed by atoms with van der Waals surface area (Å²) in [5, 5.41) is 10.5. The average Bonchev–Trinajstić information content (AvgIpc) is 3.05. The SMILES string of the molecule is CN(C)CCn1ccc(NC(=O)CCC2CCNC2)n1.Cl.Cl. The van der Waals surface area contributed by atoms with Crippen LogP contribution in [-0.2, 0) is 11.3 Å². The third kappa shape index (κ3) is 7.45. The van der Waals surface area contributed by atoms with Gasteiger partial charge in [0.2, 0.25) is 5.91 Å². The predicted molar refractivity (Wildman–Crippen MR) is 94.1 cm³/mol. The summed E-state index contributed by atoms with van der Waals surface area (Å²) in [7, 11) is 4.06. The first kappa shape index (κ1) is 21.2. The van der Waals surface area contributed by atoms with Gasteiger partial charge < -0.3 is 15.5 Å². The number of anilines is 1. The van der Waals surface area contributed by atoms with Gasteiger partial charge in [0.15, 0.2) is 5.82 Å². The molecule has 1 unspecified atom stereocenters. The van der Waals surface area contributed by atoms with Crippen LogP contribution in [0.15, 0.2) is 12.3 Å². The van der Waals surface area contributed by atoms with Gasteiger partial charge in [-0.05, 0) is 45.9 Å². The monoisotopic (exact) mass is 351 g/mol. The number of aromatic nitrogens is 2. The van der Waals surface area contributed by atoms with Gasteiger partial charge in [-0.3, -0.25) is 9.48 Å². The molecule has 0 radical (unpaired) electrons. The minimum atomic E-state index is 0. The Morgan fingerprint density at radius 1 is 1.50 bits per heavy atom. The Balaban J connectivity index is 0.00000220. The number of amides is 1. The molecule has 6 nitrogen and oxygen atoms in total. The van der Waals surface area contributed by atoms with E-state index in [1.54, 1.807) is 0 Å². The molecule has 2 rings (SSSR count). The zero-order valence-corrected chi connectivity index (χ0v) is 14.9. The second kappa shape index (κ2) is 10.8. The van der Waals surface area contributed by atoms with Crippen LogP contribution in [0.25, 0.3) is 0 Å². The molecule has 128 valence electrons. The lowest BCUT2D eigenvalue weighted by Crippen LogP contribution is -2.19. The molecule has 1 atom stereocenters. The summed E-state index contributed by atoms with van der Waals surface area (Å²) in [5.74, 6) is 1.37. The Morgan fingerprint density at radius 3 is 2.91 bits per heavy atom. The van der Waals surface area contributed by atoms with E-state index in [-0.39, 0.29) is 30.7 Å². The number of carbonyl (C=O) groups excluding carboxylic acids is 1. The molecule has 0 saturated carbocycles. The summed E-state index contributed by atoms with van der Waals surface area (Å²) in [4.78, 5) is 14.0. The van der Waals surface area contributed by atoms with Crippen LogP contribution in [0, 0.1) is 5.92 Å². The van der Waals surface area contributed by atoms with E-state index in [0.29, 0.717) is 18.2 Å². The van der Waals surface area contributed by atoms with Crippen molar-refractivity contribution in [1.29, 1.82) is 0 Å². The van der Waals surface area contributed by atoms with Crippen LogP contribution in [0.4, 0.5) is 5.82 Å². The lowest BCUT2D eigenvalue weighted by Gasteiger charge is -2.09. The molecule has 1 aliphatic heterocycles. The molecule has 1 amide bonds. The zero-order chi connectivity index (χ0) is 14.4. The number of hydrogen-bond acceptors (Lipinski definition) is 4. The third-order valence-electron chi connectivity index (χ3n) is 3.63. The fraction of sp³-hybridized carbons (Fsp3) is 0.714. The molecule has 22 heavy (non-hydrogen) atoms. The third-order valence-corrected chi connectivity index (χ3v) is 3.63. The van der Waals surface area contributed by atoms with Gasteiger partial charge in [0.25, 0.3) is 0 Å². The molecule has 2 N–H and O–H groups in total. The highest BCUT2D eigenvalue weighted by atomic mass is 35.5. The molecule has 1 saturated heterocycles. The smallest absolute Gasteiger partial charge is 0.225 e. The maximum atomic E-state index is 11.9. The van der Waals surface area contributed by atoms with E-state index in [0.717, 1.165) is 32.6 Å². The fourth-order valence-corrected chi connectivity index (χ4v) is 2.36. The van der Waals surface area contributed by atoms with Crippen LogP contribution in [0.5, 0.6) is 0 Å². The number of likely N-dealkylation sites (N-methyl/N-ethyl adjacent to an activating group) is 1. The fourth-order valence-electron chi connectivity index (χ4n) is 2.36. The highest BCUT2D eigenvalue weighted by Gasteiger charge is 2.15.